The van der Waals surface area contributed by atoms with E-state index in [-0.39, 0.29) is 6.10 Å². The molecule has 0 aromatic heterocycles. The zero-order valence-electron chi connectivity index (χ0n) is 12.0. The number of hydrogen-bond donors (Lipinski definition) is 1. The van der Waals surface area contributed by atoms with Crippen LogP contribution in [0.15, 0.2) is 54.6 Å². The molecule has 3 heteroatoms. The highest BCUT2D eigenvalue weighted by Crippen LogP contribution is 2.26. The van der Waals surface area contributed by atoms with E-state index in [0.717, 1.165) is 25.0 Å². The number of ether oxygens (including phenoxy) is 1. The molecule has 0 fully saturated rings. The smallest absolute Gasteiger partial charge is 0.124 e. The fourth-order valence-electron chi connectivity index (χ4n) is 2.21. The lowest BCUT2D eigenvalue weighted by Crippen LogP contribution is -2.09. The van der Waals surface area contributed by atoms with Gasteiger partial charge in [-0.25, -0.2) is 0 Å². The van der Waals surface area contributed by atoms with Gasteiger partial charge in [-0.05, 0) is 55.6 Å². The van der Waals surface area contributed by atoms with Crippen LogP contribution < -0.4 is 10.5 Å². The van der Waals surface area contributed by atoms with Gasteiger partial charge in [0.1, 0.15) is 11.9 Å². The van der Waals surface area contributed by atoms with Gasteiger partial charge in [-0.3, -0.25) is 0 Å². The molecule has 0 aliphatic rings. The van der Waals surface area contributed by atoms with E-state index in [1.54, 1.807) is 12.1 Å². The molecule has 108 valence electrons. The highest BCUT2D eigenvalue weighted by molar-refractivity contribution is 5.35. The molecule has 0 saturated heterocycles. The molecule has 2 N–H and O–H groups in total. The molecule has 0 spiro atoms. The quantitative estimate of drug-likeness (QED) is 0.785. The van der Waals surface area contributed by atoms with Crippen molar-refractivity contribution in [3.63, 3.8) is 0 Å². The van der Waals surface area contributed by atoms with Crippen molar-refractivity contribution in [2.75, 3.05) is 6.54 Å². The van der Waals surface area contributed by atoms with Gasteiger partial charge in [-0.15, -0.1) is 0 Å². The van der Waals surface area contributed by atoms with Crippen LogP contribution >= 0.6 is 0 Å². The zero-order valence-corrected chi connectivity index (χ0v) is 12.0. The maximum atomic E-state index is 8.83. The van der Waals surface area contributed by atoms with Crippen LogP contribution in [-0.4, -0.2) is 6.54 Å². The van der Waals surface area contributed by atoms with E-state index in [0.29, 0.717) is 12.1 Å². The molecular formula is C18H20N2O. The Balaban J connectivity index is 2.09. The topological polar surface area (TPSA) is 59.0 Å². The van der Waals surface area contributed by atoms with Crippen LogP contribution in [0.5, 0.6) is 5.75 Å². The Morgan fingerprint density at radius 3 is 2.33 bits per heavy atom. The van der Waals surface area contributed by atoms with E-state index in [9.17, 15) is 0 Å². The third-order valence-corrected chi connectivity index (χ3v) is 3.35. The molecule has 0 heterocycles. The molecule has 2 aromatic rings. The Labute approximate surface area is 126 Å². The van der Waals surface area contributed by atoms with Crippen LogP contribution in [0.1, 0.15) is 36.5 Å². The van der Waals surface area contributed by atoms with Crippen molar-refractivity contribution in [3.05, 3.63) is 65.7 Å². The van der Waals surface area contributed by atoms with Crippen molar-refractivity contribution in [3.8, 4) is 11.8 Å². The van der Waals surface area contributed by atoms with Gasteiger partial charge in [-0.2, -0.15) is 5.26 Å². The Bertz CT molecular complexity index is 572. The molecule has 0 saturated carbocycles. The maximum absolute atomic E-state index is 8.83. The Hall–Kier alpha value is -2.31. The lowest BCUT2D eigenvalue weighted by atomic mass is 10.0. The minimum atomic E-state index is 0.0192. The van der Waals surface area contributed by atoms with Crippen LogP contribution in [0.4, 0.5) is 0 Å². The molecule has 0 aliphatic heterocycles. The van der Waals surface area contributed by atoms with Gasteiger partial charge < -0.3 is 10.5 Å². The van der Waals surface area contributed by atoms with Crippen molar-refractivity contribution < 1.29 is 4.74 Å². The van der Waals surface area contributed by atoms with Gasteiger partial charge in [-0.1, -0.05) is 30.3 Å². The first-order chi connectivity index (χ1) is 10.3. The van der Waals surface area contributed by atoms with Gasteiger partial charge in [0, 0.05) is 0 Å². The first kappa shape index (κ1) is 15.1. The van der Waals surface area contributed by atoms with Gasteiger partial charge in [0.05, 0.1) is 11.6 Å². The number of benzene rings is 2. The predicted molar refractivity (Wildman–Crippen MR) is 83.9 cm³/mol. The van der Waals surface area contributed by atoms with Gasteiger partial charge >= 0.3 is 0 Å². The first-order valence-corrected chi connectivity index (χ1v) is 7.25. The van der Waals surface area contributed by atoms with Crippen molar-refractivity contribution in [1.29, 1.82) is 5.26 Å². The molecule has 0 radical (unpaired) electrons. The highest BCUT2D eigenvalue weighted by atomic mass is 16.5. The summed E-state index contributed by atoms with van der Waals surface area (Å²) in [5, 5.41) is 8.83. The molecule has 0 aliphatic carbocycles. The van der Waals surface area contributed by atoms with Crippen molar-refractivity contribution in [1.82, 2.24) is 0 Å². The van der Waals surface area contributed by atoms with Gasteiger partial charge in [0.15, 0.2) is 0 Å². The number of hydrogen-bond acceptors (Lipinski definition) is 3. The lowest BCUT2D eigenvalue weighted by molar-refractivity contribution is 0.191. The average Bonchev–Trinajstić information content (AvgIpc) is 2.55. The average molecular weight is 280 g/mol. The summed E-state index contributed by atoms with van der Waals surface area (Å²) in [6, 6.07) is 19.6. The van der Waals surface area contributed by atoms with Gasteiger partial charge in [0.2, 0.25) is 0 Å². The predicted octanol–water partition coefficient (Wildman–Crippen LogP) is 3.81. The monoisotopic (exact) mass is 280 g/mol. The van der Waals surface area contributed by atoms with Crippen LogP contribution in [0.3, 0.4) is 0 Å². The second-order valence-electron chi connectivity index (χ2n) is 4.94. The molecule has 1 atom stereocenters. The number of nitriles is 1. The minimum absolute atomic E-state index is 0.0192. The second-order valence-corrected chi connectivity index (χ2v) is 4.94. The highest BCUT2D eigenvalue weighted by Gasteiger charge is 2.12. The lowest BCUT2D eigenvalue weighted by Gasteiger charge is -2.19. The molecule has 0 bridgehead atoms. The van der Waals surface area contributed by atoms with E-state index < -0.39 is 0 Å². The molecule has 0 amide bonds. The summed E-state index contributed by atoms with van der Waals surface area (Å²) in [7, 11) is 0. The van der Waals surface area contributed by atoms with Crippen LogP contribution in [0.25, 0.3) is 0 Å². The first-order valence-electron chi connectivity index (χ1n) is 7.25. The van der Waals surface area contributed by atoms with E-state index in [4.69, 9.17) is 15.7 Å². The number of nitrogens with zero attached hydrogens (tertiary/aromatic N) is 1. The van der Waals surface area contributed by atoms with Crippen LogP contribution in [-0.2, 0) is 0 Å². The van der Waals surface area contributed by atoms with Crippen LogP contribution in [0, 0.1) is 11.3 Å². The molecular weight excluding hydrogens is 260 g/mol. The fourth-order valence-corrected chi connectivity index (χ4v) is 2.21. The largest absolute Gasteiger partial charge is 0.486 e. The molecule has 2 aromatic carbocycles. The van der Waals surface area contributed by atoms with Crippen molar-refractivity contribution >= 4 is 0 Å². The third-order valence-electron chi connectivity index (χ3n) is 3.35. The SMILES string of the molecule is N#Cc1ccc(OC(CCCCN)c2ccccc2)cc1. The summed E-state index contributed by atoms with van der Waals surface area (Å²) >= 11 is 0. The number of nitrogens with two attached hydrogens (primary N) is 1. The summed E-state index contributed by atoms with van der Waals surface area (Å²) in [5.41, 5.74) is 7.37. The normalized spacial score (nSPS) is 11.6. The number of unbranched alkanes of at least 4 members (excludes halogenated alkanes) is 1. The zero-order chi connectivity index (χ0) is 14.9. The van der Waals surface area contributed by atoms with Crippen LogP contribution in [0.2, 0.25) is 0 Å². The van der Waals surface area contributed by atoms with E-state index in [1.807, 2.05) is 30.3 Å². The Morgan fingerprint density at radius 2 is 1.71 bits per heavy atom. The minimum Gasteiger partial charge on any atom is -0.486 e. The second kappa shape index (κ2) is 8.08. The van der Waals surface area contributed by atoms with Crippen molar-refractivity contribution in [2.45, 2.75) is 25.4 Å². The molecule has 2 rings (SSSR count). The van der Waals surface area contributed by atoms with Crippen molar-refractivity contribution in [2.24, 2.45) is 5.73 Å². The molecule has 1 unspecified atom stereocenters. The summed E-state index contributed by atoms with van der Waals surface area (Å²) < 4.78 is 6.10. The van der Waals surface area contributed by atoms with Gasteiger partial charge in [0.25, 0.3) is 0 Å². The van der Waals surface area contributed by atoms with E-state index >= 15 is 0 Å². The fraction of sp³-hybridized carbons (Fsp3) is 0.278. The molecule has 21 heavy (non-hydrogen) atoms. The summed E-state index contributed by atoms with van der Waals surface area (Å²) in [4.78, 5) is 0. The molecule has 3 nitrogen and oxygen atoms in total. The maximum Gasteiger partial charge on any atom is 0.124 e. The van der Waals surface area contributed by atoms with E-state index in [2.05, 4.69) is 18.2 Å². The summed E-state index contributed by atoms with van der Waals surface area (Å²) in [6.45, 7) is 0.707. The summed E-state index contributed by atoms with van der Waals surface area (Å²) in [6.07, 6.45) is 2.99. The Morgan fingerprint density at radius 1 is 1.00 bits per heavy atom. The summed E-state index contributed by atoms with van der Waals surface area (Å²) in [5.74, 6) is 0.788. The third kappa shape index (κ3) is 4.62. The standard InChI is InChI=1S/C18H20N2O/c19-13-5-4-8-18(16-6-2-1-3-7-16)21-17-11-9-15(14-20)10-12-17/h1-3,6-7,9-12,18H,4-5,8,13,19H2. The number of rotatable bonds is 7. The Kier molecular flexibility index (Phi) is 5.81. The van der Waals surface area contributed by atoms with E-state index in [1.165, 1.54) is 5.56 Å².